The van der Waals surface area contributed by atoms with E-state index in [1.165, 1.54) is 19.3 Å². The molecule has 6 nitrogen and oxygen atoms in total. The fourth-order valence-electron chi connectivity index (χ4n) is 3.06. The predicted molar refractivity (Wildman–Crippen MR) is 89.5 cm³/mol. The molecule has 23 heavy (non-hydrogen) atoms. The van der Waals surface area contributed by atoms with Crippen LogP contribution in [0.15, 0.2) is 30.6 Å². The Morgan fingerprint density at radius 1 is 1.00 bits per heavy atom. The first-order valence-electron chi connectivity index (χ1n) is 7.96. The van der Waals surface area contributed by atoms with Crippen LogP contribution >= 0.6 is 0 Å². The maximum Gasteiger partial charge on any atom is 0.165 e. The number of anilines is 1. The third-order valence-electron chi connectivity index (χ3n) is 4.32. The Bertz CT molecular complexity index is 834. The van der Waals surface area contributed by atoms with Gasteiger partial charge in [0.2, 0.25) is 0 Å². The van der Waals surface area contributed by atoms with E-state index < -0.39 is 0 Å². The summed E-state index contributed by atoms with van der Waals surface area (Å²) in [6.07, 6.45) is 5.44. The van der Waals surface area contributed by atoms with Crippen molar-refractivity contribution in [1.29, 1.82) is 0 Å². The number of nitrogens with zero attached hydrogens (tertiary/aromatic N) is 5. The lowest BCUT2D eigenvalue weighted by atomic mass is 10.1. The first-order valence-corrected chi connectivity index (χ1v) is 7.96. The minimum absolute atomic E-state index is 0.242. The summed E-state index contributed by atoms with van der Waals surface area (Å²) in [7, 11) is 1.95. The van der Waals surface area contributed by atoms with E-state index in [2.05, 4.69) is 14.9 Å². The van der Waals surface area contributed by atoms with Crippen LogP contribution in [0.2, 0.25) is 0 Å². The minimum atomic E-state index is 0.242. The SMILES string of the molecule is Cn1cnc2c(N3CCCCC3)nc(-c3ccc(O)cc3)nc21. The molecule has 1 fully saturated rings. The molecule has 1 saturated heterocycles. The topological polar surface area (TPSA) is 67.1 Å². The van der Waals surface area contributed by atoms with Gasteiger partial charge in [-0.05, 0) is 43.5 Å². The number of aromatic hydroxyl groups is 1. The first kappa shape index (κ1) is 14.0. The lowest BCUT2D eigenvalue weighted by Crippen LogP contribution is -2.30. The average Bonchev–Trinajstić information content (AvgIpc) is 2.97. The molecular weight excluding hydrogens is 290 g/mol. The van der Waals surface area contributed by atoms with E-state index in [4.69, 9.17) is 4.98 Å². The normalized spacial score (nSPS) is 15.3. The van der Waals surface area contributed by atoms with Gasteiger partial charge in [-0.3, -0.25) is 0 Å². The second kappa shape index (κ2) is 5.53. The van der Waals surface area contributed by atoms with E-state index in [9.17, 15) is 5.11 Å². The zero-order valence-corrected chi connectivity index (χ0v) is 13.1. The molecule has 0 radical (unpaired) electrons. The number of aryl methyl sites for hydroxylation is 1. The van der Waals surface area contributed by atoms with Crippen molar-refractivity contribution in [1.82, 2.24) is 19.5 Å². The molecule has 1 aromatic carbocycles. The molecule has 0 spiro atoms. The molecule has 0 atom stereocenters. The van der Waals surface area contributed by atoms with Crippen molar-refractivity contribution in [3.05, 3.63) is 30.6 Å². The van der Waals surface area contributed by atoms with Crippen LogP contribution in [0.4, 0.5) is 5.82 Å². The van der Waals surface area contributed by atoms with Gasteiger partial charge in [0.15, 0.2) is 22.8 Å². The Morgan fingerprint density at radius 2 is 1.74 bits per heavy atom. The van der Waals surface area contributed by atoms with Gasteiger partial charge in [-0.1, -0.05) is 0 Å². The summed E-state index contributed by atoms with van der Waals surface area (Å²) in [5.41, 5.74) is 2.59. The van der Waals surface area contributed by atoms with Gasteiger partial charge in [-0.15, -0.1) is 0 Å². The number of rotatable bonds is 2. The fraction of sp³-hybridized carbons (Fsp3) is 0.353. The van der Waals surface area contributed by atoms with Gasteiger partial charge in [-0.2, -0.15) is 0 Å². The van der Waals surface area contributed by atoms with Crippen LogP contribution in [0, 0.1) is 0 Å². The van der Waals surface area contributed by atoms with Gasteiger partial charge in [0.1, 0.15) is 5.75 Å². The summed E-state index contributed by atoms with van der Waals surface area (Å²) >= 11 is 0. The summed E-state index contributed by atoms with van der Waals surface area (Å²) in [4.78, 5) is 16.3. The molecule has 118 valence electrons. The second-order valence-corrected chi connectivity index (χ2v) is 5.99. The minimum Gasteiger partial charge on any atom is -0.508 e. The van der Waals surface area contributed by atoms with Gasteiger partial charge in [0.05, 0.1) is 6.33 Å². The lowest BCUT2D eigenvalue weighted by Gasteiger charge is -2.28. The van der Waals surface area contributed by atoms with Crippen LogP contribution < -0.4 is 4.90 Å². The van der Waals surface area contributed by atoms with Crippen LogP contribution in [-0.2, 0) is 7.05 Å². The largest absolute Gasteiger partial charge is 0.508 e. The molecular formula is C17H19N5O. The second-order valence-electron chi connectivity index (χ2n) is 5.99. The van der Waals surface area contributed by atoms with Crippen molar-refractivity contribution in [2.24, 2.45) is 7.05 Å². The van der Waals surface area contributed by atoms with Gasteiger partial charge in [0.25, 0.3) is 0 Å². The first-order chi connectivity index (χ1) is 11.2. The molecule has 3 aromatic rings. The monoisotopic (exact) mass is 309 g/mol. The molecule has 1 N–H and O–H groups in total. The maximum atomic E-state index is 9.48. The fourth-order valence-corrected chi connectivity index (χ4v) is 3.06. The van der Waals surface area contributed by atoms with Crippen molar-refractivity contribution < 1.29 is 5.11 Å². The molecule has 4 rings (SSSR count). The number of imidazole rings is 1. The van der Waals surface area contributed by atoms with Crippen LogP contribution in [0.1, 0.15) is 19.3 Å². The molecule has 1 aliphatic rings. The lowest BCUT2D eigenvalue weighted by molar-refractivity contribution is 0.475. The zero-order chi connectivity index (χ0) is 15.8. The van der Waals surface area contributed by atoms with E-state index in [-0.39, 0.29) is 5.75 Å². The molecule has 0 amide bonds. The number of fused-ring (bicyclic) bond motifs is 1. The Morgan fingerprint density at radius 3 is 2.48 bits per heavy atom. The smallest absolute Gasteiger partial charge is 0.165 e. The number of phenols is 1. The number of hydrogen-bond donors (Lipinski definition) is 1. The zero-order valence-electron chi connectivity index (χ0n) is 13.1. The highest BCUT2D eigenvalue weighted by molar-refractivity contribution is 5.85. The summed E-state index contributed by atoms with van der Waals surface area (Å²) in [6, 6.07) is 7.00. The number of aromatic nitrogens is 4. The standard InChI is InChI=1S/C17H19N5O/c1-21-11-18-14-16(21)19-15(12-5-7-13(23)8-6-12)20-17(14)22-9-3-2-4-10-22/h5-8,11,23H,2-4,9-10H2,1H3. The molecule has 0 aliphatic carbocycles. The Hall–Kier alpha value is -2.63. The van der Waals surface area contributed by atoms with Crippen molar-refractivity contribution in [2.75, 3.05) is 18.0 Å². The van der Waals surface area contributed by atoms with Gasteiger partial charge in [0, 0.05) is 25.7 Å². The Labute approximate surface area is 134 Å². The Kier molecular flexibility index (Phi) is 3.37. The number of piperidine rings is 1. The Balaban J connectivity index is 1.88. The number of benzene rings is 1. The van der Waals surface area contributed by atoms with Crippen LogP contribution in [-0.4, -0.2) is 37.7 Å². The van der Waals surface area contributed by atoms with Gasteiger partial charge in [-0.25, -0.2) is 15.0 Å². The molecule has 0 bridgehead atoms. The third kappa shape index (κ3) is 2.50. The van der Waals surface area contributed by atoms with Crippen molar-refractivity contribution in [2.45, 2.75) is 19.3 Å². The maximum absolute atomic E-state index is 9.48. The van der Waals surface area contributed by atoms with Crippen molar-refractivity contribution in [3.8, 4) is 17.1 Å². The summed E-state index contributed by atoms with van der Waals surface area (Å²) in [5, 5.41) is 9.48. The molecule has 1 aliphatic heterocycles. The molecule has 0 saturated carbocycles. The quantitative estimate of drug-likeness (QED) is 0.788. The number of phenolic OH excluding ortho intramolecular Hbond substituents is 1. The molecule has 6 heteroatoms. The van der Waals surface area contributed by atoms with Gasteiger partial charge < -0.3 is 14.6 Å². The summed E-state index contributed by atoms with van der Waals surface area (Å²) in [5.74, 6) is 1.83. The van der Waals surface area contributed by atoms with E-state index in [0.29, 0.717) is 5.82 Å². The van der Waals surface area contributed by atoms with E-state index in [1.54, 1.807) is 18.5 Å². The van der Waals surface area contributed by atoms with Crippen LogP contribution in [0.3, 0.4) is 0 Å². The predicted octanol–water partition coefficient (Wildman–Crippen LogP) is 2.73. The highest BCUT2D eigenvalue weighted by Crippen LogP contribution is 2.28. The van der Waals surface area contributed by atoms with Crippen molar-refractivity contribution in [3.63, 3.8) is 0 Å². The highest BCUT2D eigenvalue weighted by atomic mass is 16.3. The van der Waals surface area contributed by atoms with Crippen LogP contribution in [0.5, 0.6) is 5.75 Å². The van der Waals surface area contributed by atoms with Gasteiger partial charge >= 0.3 is 0 Å². The summed E-state index contributed by atoms with van der Waals surface area (Å²) < 4.78 is 1.92. The van der Waals surface area contributed by atoms with E-state index in [1.807, 2.05) is 23.7 Å². The average molecular weight is 309 g/mol. The highest BCUT2D eigenvalue weighted by Gasteiger charge is 2.20. The third-order valence-corrected chi connectivity index (χ3v) is 4.32. The summed E-state index contributed by atoms with van der Waals surface area (Å²) in [6.45, 7) is 2.02. The molecule has 3 heterocycles. The molecule has 2 aromatic heterocycles. The van der Waals surface area contributed by atoms with Crippen molar-refractivity contribution >= 4 is 17.0 Å². The van der Waals surface area contributed by atoms with E-state index >= 15 is 0 Å². The van der Waals surface area contributed by atoms with Crippen LogP contribution in [0.25, 0.3) is 22.6 Å². The number of hydrogen-bond acceptors (Lipinski definition) is 5. The van der Waals surface area contributed by atoms with E-state index in [0.717, 1.165) is 35.6 Å². The molecule has 0 unspecified atom stereocenters.